The predicted octanol–water partition coefficient (Wildman–Crippen LogP) is 1.85. The van der Waals surface area contributed by atoms with Gasteiger partial charge in [0.25, 0.3) is 5.89 Å². The molecule has 1 aromatic carbocycles. The summed E-state index contributed by atoms with van der Waals surface area (Å²) in [5.41, 5.74) is 6.55. The van der Waals surface area contributed by atoms with Gasteiger partial charge < -0.3 is 20.5 Å². The maximum atomic E-state index is 9.43. The highest BCUT2D eigenvalue weighted by Crippen LogP contribution is 2.30. The number of anilines is 1. The first-order valence-corrected chi connectivity index (χ1v) is 6.09. The fourth-order valence-electron chi connectivity index (χ4n) is 1.49. The molecule has 0 atom stereocenters. The molecule has 96 valence electrons. The van der Waals surface area contributed by atoms with Crippen LogP contribution in [0.1, 0.15) is 0 Å². The van der Waals surface area contributed by atoms with Crippen LogP contribution in [0.2, 0.25) is 0 Å². The number of hydrogen-bond donors (Lipinski definition) is 3. The van der Waals surface area contributed by atoms with E-state index in [2.05, 4.69) is 15.1 Å². The highest BCUT2D eigenvalue weighted by molar-refractivity contribution is 7.13. The fraction of sp³-hybridized carbons (Fsp3) is 0. The molecule has 0 saturated heterocycles. The number of aromatic hydroxyl groups is 2. The molecule has 0 unspecified atom stereocenters. The first-order valence-electron chi connectivity index (χ1n) is 5.21. The number of phenolic OH excluding ortho intramolecular Hbond substituents is 2. The minimum atomic E-state index is -0.248. The lowest BCUT2D eigenvalue weighted by Gasteiger charge is -1.98. The van der Waals surface area contributed by atoms with Crippen LogP contribution >= 0.6 is 11.3 Å². The van der Waals surface area contributed by atoms with Gasteiger partial charge in [-0.25, -0.2) is 4.98 Å². The average molecular weight is 276 g/mol. The quantitative estimate of drug-likeness (QED) is 0.611. The van der Waals surface area contributed by atoms with Gasteiger partial charge in [0.15, 0.2) is 16.6 Å². The van der Waals surface area contributed by atoms with Crippen LogP contribution in [0.3, 0.4) is 0 Å². The van der Waals surface area contributed by atoms with E-state index < -0.39 is 0 Å². The summed E-state index contributed by atoms with van der Waals surface area (Å²) in [5.74, 6) is 0.0777. The van der Waals surface area contributed by atoms with Crippen molar-refractivity contribution in [3.8, 4) is 34.5 Å². The van der Waals surface area contributed by atoms with E-state index >= 15 is 0 Å². The van der Waals surface area contributed by atoms with Crippen LogP contribution < -0.4 is 5.73 Å². The Bertz CT molecular complexity index is 737. The lowest BCUT2D eigenvalue weighted by Crippen LogP contribution is -1.83. The second kappa shape index (κ2) is 4.25. The lowest BCUT2D eigenvalue weighted by molar-refractivity contribution is 0.404. The molecule has 0 aliphatic heterocycles. The van der Waals surface area contributed by atoms with Crippen LogP contribution in [0, 0.1) is 0 Å². The zero-order valence-corrected chi connectivity index (χ0v) is 10.3. The zero-order chi connectivity index (χ0) is 13.4. The molecule has 3 aromatic rings. The Labute approximate surface area is 111 Å². The number of nitrogens with zero attached hydrogens (tertiary/aromatic N) is 3. The molecule has 0 bridgehead atoms. The van der Waals surface area contributed by atoms with Gasteiger partial charge in [0.2, 0.25) is 5.82 Å². The Morgan fingerprint density at radius 2 is 2.00 bits per heavy atom. The number of rotatable bonds is 2. The third kappa shape index (κ3) is 2.08. The SMILES string of the molecule is Nc1nc(-c2nc(-c3ccc(O)c(O)c3)no2)cs1. The summed E-state index contributed by atoms with van der Waals surface area (Å²) in [7, 11) is 0. The van der Waals surface area contributed by atoms with Gasteiger partial charge in [-0.1, -0.05) is 5.16 Å². The molecule has 0 spiro atoms. The van der Waals surface area contributed by atoms with Gasteiger partial charge in [-0.3, -0.25) is 0 Å². The number of thiazole rings is 1. The van der Waals surface area contributed by atoms with Gasteiger partial charge in [0, 0.05) is 10.9 Å². The van der Waals surface area contributed by atoms with Crippen LogP contribution in [0.15, 0.2) is 28.1 Å². The van der Waals surface area contributed by atoms with Crippen LogP contribution in [0.4, 0.5) is 5.13 Å². The number of nitrogen functional groups attached to an aromatic ring is 1. The van der Waals surface area contributed by atoms with Gasteiger partial charge in [0.05, 0.1) is 0 Å². The molecule has 2 heterocycles. The van der Waals surface area contributed by atoms with Gasteiger partial charge in [-0.15, -0.1) is 11.3 Å². The van der Waals surface area contributed by atoms with Crippen molar-refractivity contribution in [2.45, 2.75) is 0 Å². The summed E-state index contributed by atoms with van der Waals surface area (Å²) in [6, 6.07) is 4.26. The summed E-state index contributed by atoms with van der Waals surface area (Å²) in [6.45, 7) is 0. The monoisotopic (exact) mass is 276 g/mol. The standard InChI is InChI=1S/C11H8N4O3S/c12-11-13-6(4-19-11)10-14-9(15-18-10)5-1-2-7(16)8(17)3-5/h1-4,16-17H,(H2,12,13). The number of hydrogen-bond acceptors (Lipinski definition) is 8. The second-order valence-electron chi connectivity index (χ2n) is 3.70. The normalized spacial score (nSPS) is 10.7. The molecule has 0 aliphatic rings. The van der Waals surface area contributed by atoms with Crippen molar-refractivity contribution in [2.75, 3.05) is 5.73 Å². The molecular weight excluding hydrogens is 268 g/mol. The topological polar surface area (TPSA) is 118 Å². The molecule has 0 radical (unpaired) electrons. The fourth-order valence-corrected chi connectivity index (χ4v) is 2.03. The molecule has 8 heteroatoms. The molecule has 7 nitrogen and oxygen atoms in total. The minimum absolute atomic E-state index is 0.209. The van der Waals surface area contributed by atoms with Gasteiger partial charge in [0.1, 0.15) is 5.69 Å². The molecule has 4 N–H and O–H groups in total. The minimum Gasteiger partial charge on any atom is -0.504 e. The van der Waals surface area contributed by atoms with E-state index in [0.717, 1.165) is 0 Å². The van der Waals surface area contributed by atoms with E-state index in [0.29, 0.717) is 16.4 Å². The molecule has 3 rings (SSSR count). The Morgan fingerprint density at radius 1 is 1.16 bits per heavy atom. The van der Waals surface area contributed by atoms with E-state index in [1.807, 2.05) is 0 Å². The third-order valence-corrected chi connectivity index (χ3v) is 3.07. The van der Waals surface area contributed by atoms with Crippen LogP contribution in [0.5, 0.6) is 11.5 Å². The molecule has 19 heavy (non-hydrogen) atoms. The maximum Gasteiger partial charge on any atom is 0.277 e. The Hall–Kier alpha value is -2.61. The summed E-state index contributed by atoms with van der Waals surface area (Å²) in [5, 5.41) is 24.6. The van der Waals surface area contributed by atoms with E-state index in [-0.39, 0.29) is 23.2 Å². The number of benzene rings is 1. The molecule has 2 aromatic heterocycles. The molecular formula is C11H8N4O3S. The summed E-state index contributed by atoms with van der Waals surface area (Å²) in [6.07, 6.45) is 0. The first-order chi connectivity index (χ1) is 9.13. The molecule has 0 aliphatic carbocycles. The van der Waals surface area contributed by atoms with Crippen LogP contribution in [-0.4, -0.2) is 25.3 Å². The van der Waals surface area contributed by atoms with E-state index in [1.54, 1.807) is 11.4 Å². The summed E-state index contributed by atoms with van der Waals surface area (Å²) >= 11 is 1.27. The highest BCUT2D eigenvalue weighted by Gasteiger charge is 2.14. The number of phenols is 2. The van der Waals surface area contributed by atoms with Crippen LogP contribution in [-0.2, 0) is 0 Å². The van der Waals surface area contributed by atoms with Crippen molar-refractivity contribution in [3.05, 3.63) is 23.6 Å². The third-order valence-electron chi connectivity index (χ3n) is 2.40. The molecule has 0 saturated carbocycles. The molecule has 0 fully saturated rings. The smallest absolute Gasteiger partial charge is 0.277 e. The number of nitrogens with two attached hydrogens (primary N) is 1. The van der Waals surface area contributed by atoms with E-state index in [9.17, 15) is 10.2 Å². The van der Waals surface area contributed by atoms with Crippen molar-refractivity contribution >= 4 is 16.5 Å². The highest BCUT2D eigenvalue weighted by atomic mass is 32.1. The Kier molecular flexibility index (Phi) is 2.57. The molecule has 0 amide bonds. The average Bonchev–Trinajstić information content (AvgIpc) is 3.01. The second-order valence-corrected chi connectivity index (χ2v) is 4.59. The van der Waals surface area contributed by atoms with Crippen molar-refractivity contribution in [3.63, 3.8) is 0 Å². The van der Waals surface area contributed by atoms with Crippen molar-refractivity contribution < 1.29 is 14.7 Å². The van der Waals surface area contributed by atoms with Gasteiger partial charge >= 0.3 is 0 Å². The number of aromatic nitrogens is 3. The van der Waals surface area contributed by atoms with Gasteiger partial charge in [-0.05, 0) is 18.2 Å². The van der Waals surface area contributed by atoms with Crippen molar-refractivity contribution in [2.24, 2.45) is 0 Å². The lowest BCUT2D eigenvalue weighted by atomic mass is 10.2. The summed E-state index contributed by atoms with van der Waals surface area (Å²) < 4.78 is 5.07. The van der Waals surface area contributed by atoms with E-state index in [1.165, 1.54) is 23.5 Å². The largest absolute Gasteiger partial charge is 0.504 e. The van der Waals surface area contributed by atoms with E-state index in [4.69, 9.17) is 10.3 Å². The first kappa shape index (κ1) is 11.5. The van der Waals surface area contributed by atoms with Gasteiger partial charge in [-0.2, -0.15) is 4.98 Å². The summed E-state index contributed by atoms with van der Waals surface area (Å²) in [4.78, 5) is 8.18. The van der Waals surface area contributed by atoms with Crippen LogP contribution in [0.25, 0.3) is 23.0 Å². The Balaban J connectivity index is 1.98. The zero-order valence-electron chi connectivity index (χ0n) is 9.44. The van der Waals surface area contributed by atoms with Crippen molar-refractivity contribution in [1.29, 1.82) is 0 Å². The van der Waals surface area contributed by atoms with Crippen molar-refractivity contribution in [1.82, 2.24) is 15.1 Å². The maximum absolute atomic E-state index is 9.43. The Morgan fingerprint density at radius 3 is 2.68 bits per heavy atom. The predicted molar refractivity (Wildman–Crippen MR) is 68.6 cm³/mol.